The first kappa shape index (κ1) is 10.2. The van der Waals surface area contributed by atoms with Crippen LogP contribution in [-0.2, 0) is 9.53 Å². The number of alkyl halides is 1. The van der Waals surface area contributed by atoms with E-state index in [2.05, 4.69) is 0 Å². The van der Waals surface area contributed by atoms with Crippen molar-refractivity contribution in [2.24, 2.45) is 5.92 Å². The summed E-state index contributed by atoms with van der Waals surface area (Å²) in [7, 11) is 0. The van der Waals surface area contributed by atoms with Gasteiger partial charge in [-0.25, -0.2) is 0 Å². The lowest BCUT2D eigenvalue weighted by Crippen LogP contribution is -2.48. The van der Waals surface area contributed by atoms with Crippen molar-refractivity contribution in [1.29, 1.82) is 0 Å². The maximum absolute atomic E-state index is 11.7. The SMILES string of the molecule is O=C(CCCl)N1CCCC2COCC21. The zero-order chi connectivity index (χ0) is 9.97. The van der Waals surface area contributed by atoms with Crippen LogP contribution in [0.1, 0.15) is 19.3 Å². The smallest absolute Gasteiger partial charge is 0.224 e. The Hall–Kier alpha value is -0.280. The lowest BCUT2D eigenvalue weighted by molar-refractivity contribution is -0.135. The van der Waals surface area contributed by atoms with E-state index in [-0.39, 0.29) is 5.91 Å². The standard InChI is InChI=1S/C10H16ClNO2/c11-4-3-10(13)12-5-1-2-8-6-14-7-9(8)12/h8-9H,1-7H2. The summed E-state index contributed by atoms with van der Waals surface area (Å²) >= 11 is 5.58. The summed E-state index contributed by atoms with van der Waals surface area (Å²) in [5, 5.41) is 0. The van der Waals surface area contributed by atoms with E-state index < -0.39 is 0 Å². The normalized spacial score (nSPS) is 31.6. The van der Waals surface area contributed by atoms with Gasteiger partial charge in [-0.1, -0.05) is 0 Å². The Labute approximate surface area is 89.4 Å². The first-order chi connectivity index (χ1) is 6.83. The molecule has 14 heavy (non-hydrogen) atoms. The molecule has 2 aliphatic rings. The molecule has 0 saturated carbocycles. The largest absolute Gasteiger partial charge is 0.379 e. The monoisotopic (exact) mass is 217 g/mol. The number of fused-ring (bicyclic) bond motifs is 1. The van der Waals surface area contributed by atoms with Crippen LogP contribution in [0.2, 0.25) is 0 Å². The van der Waals surface area contributed by atoms with Gasteiger partial charge in [0.2, 0.25) is 5.91 Å². The Balaban J connectivity index is 1.99. The van der Waals surface area contributed by atoms with Crippen LogP contribution in [0.3, 0.4) is 0 Å². The van der Waals surface area contributed by atoms with Gasteiger partial charge in [0.1, 0.15) is 0 Å². The highest BCUT2D eigenvalue weighted by Gasteiger charge is 2.37. The highest BCUT2D eigenvalue weighted by Crippen LogP contribution is 2.29. The average molecular weight is 218 g/mol. The van der Waals surface area contributed by atoms with Crippen molar-refractivity contribution in [3.63, 3.8) is 0 Å². The molecule has 2 atom stereocenters. The molecule has 0 aromatic rings. The highest BCUT2D eigenvalue weighted by molar-refractivity contribution is 6.18. The Morgan fingerprint density at radius 2 is 2.36 bits per heavy atom. The molecular formula is C10H16ClNO2. The van der Waals surface area contributed by atoms with Gasteiger partial charge in [0.15, 0.2) is 0 Å². The van der Waals surface area contributed by atoms with E-state index in [1.807, 2.05) is 4.90 Å². The van der Waals surface area contributed by atoms with E-state index in [9.17, 15) is 4.79 Å². The molecule has 0 aromatic heterocycles. The summed E-state index contributed by atoms with van der Waals surface area (Å²) in [4.78, 5) is 13.7. The van der Waals surface area contributed by atoms with Crippen molar-refractivity contribution in [2.45, 2.75) is 25.3 Å². The van der Waals surface area contributed by atoms with Crippen molar-refractivity contribution in [1.82, 2.24) is 4.90 Å². The number of nitrogens with zero attached hydrogens (tertiary/aromatic N) is 1. The molecule has 80 valence electrons. The molecule has 0 N–H and O–H groups in total. The van der Waals surface area contributed by atoms with E-state index in [0.717, 1.165) is 26.2 Å². The van der Waals surface area contributed by atoms with E-state index in [4.69, 9.17) is 16.3 Å². The molecule has 0 aromatic carbocycles. The average Bonchev–Trinajstić information content (AvgIpc) is 2.65. The van der Waals surface area contributed by atoms with Crippen LogP contribution in [0.25, 0.3) is 0 Å². The van der Waals surface area contributed by atoms with Crippen LogP contribution in [0, 0.1) is 5.92 Å². The second-order valence-corrected chi connectivity index (χ2v) is 4.41. The molecule has 2 heterocycles. The van der Waals surface area contributed by atoms with Crippen molar-refractivity contribution in [2.75, 3.05) is 25.6 Å². The lowest BCUT2D eigenvalue weighted by Gasteiger charge is -2.36. The third-order valence-electron chi connectivity index (χ3n) is 3.17. The maximum atomic E-state index is 11.7. The predicted molar refractivity (Wildman–Crippen MR) is 54.4 cm³/mol. The number of ether oxygens (including phenoxy) is 1. The molecule has 2 aliphatic heterocycles. The van der Waals surface area contributed by atoms with Gasteiger partial charge < -0.3 is 9.64 Å². The van der Waals surface area contributed by atoms with Gasteiger partial charge in [0.05, 0.1) is 19.3 Å². The van der Waals surface area contributed by atoms with Crippen molar-refractivity contribution < 1.29 is 9.53 Å². The molecule has 3 nitrogen and oxygen atoms in total. The molecule has 2 saturated heterocycles. The predicted octanol–water partition coefficient (Wildman–Crippen LogP) is 1.25. The first-order valence-corrected chi connectivity index (χ1v) is 5.79. The number of hydrogen-bond acceptors (Lipinski definition) is 2. The number of likely N-dealkylation sites (tertiary alicyclic amines) is 1. The number of piperidine rings is 1. The van der Waals surface area contributed by atoms with Gasteiger partial charge in [0, 0.05) is 24.8 Å². The highest BCUT2D eigenvalue weighted by atomic mass is 35.5. The second kappa shape index (κ2) is 4.49. The molecule has 0 aliphatic carbocycles. The number of hydrogen-bond donors (Lipinski definition) is 0. The van der Waals surface area contributed by atoms with Gasteiger partial charge >= 0.3 is 0 Å². The zero-order valence-corrected chi connectivity index (χ0v) is 9.00. The topological polar surface area (TPSA) is 29.5 Å². The molecular weight excluding hydrogens is 202 g/mol. The molecule has 1 amide bonds. The molecule has 2 fully saturated rings. The first-order valence-electron chi connectivity index (χ1n) is 5.26. The third-order valence-corrected chi connectivity index (χ3v) is 3.36. The van der Waals surface area contributed by atoms with Crippen LogP contribution in [0.15, 0.2) is 0 Å². The van der Waals surface area contributed by atoms with Crippen LogP contribution in [0.5, 0.6) is 0 Å². The summed E-state index contributed by atoms with van der Waals surface area (Å²) in [5.74, 6) is 1.19. The van der Waals surface area contributed by atoms with Crippen LogP contribution in [-0.4, -0.2) is 42.5 Å². The third kappa shape index (κ3) is 1.89. The summed E-state index contributed by atoms with van der Waals surface area (Å²) in [5.41, 5.74) is 0. The second-order valence-electron chi connectivity index (χ2n) is 4.03. The number of carbonyl (C=O) groups excluding carboxylic acids is 1. The molecule has 2 unspecified atom stereocenters. The Morgan fingerprint density at radius 3 is 3.14 bits per heavy atom. The minimum absolute atomic E-state index is 0.195. The Morgan fingerprint density at radius 1 is 1.50 bits per heavy atom. The maximum Gasteiger partial charge on any atom is 0.224 e. The van der Waals surface area contributed by atoms with Crippen LogP contribution < -0.4 is 0 Å². The summed E-state index contributed by atoms with van der Waals surface area (Å²) in [6.07, 6.45) is 2.78. The quantitative estimate of drug-likeness (QED) is 0.652. The Kier molecular flexibility index (Phi) is 3.29. The van der Waals surface area contributed by atoms with E-state index in [1.165, 1.54) is 6.42 Å². The summed E-state index contributed by atoms with van der Waals surface area (Å²) < 4.78 is 5.42. The van der Waals surface area contributed by atoms with Crippen LogP contribution in [0.4, 0.5) is 0 Å². The van der Waals surface area contributed by atoms with E-state index >= 15 is 0 Å². The molecule has 0 spiro atoms. The number of amides is 1. The fraction of sp³-hybridized carbons (Fsp3) is 0.900. The molecule has 0 radical (unpaired) electrons. The van der Waals surface area contributed by atoms with Crippen molar-refractivity contribution in [3.8, 4) is 0 Å². The Bertz CT molecular complexity index is 222. The lowest BCUT2D eigenvalue weighted by atomic mass is 9.92. The van der Waals surface area contributed by atoms with Gasteiger partial charge in [-0.2, -0.15) is 0 Å². The minimum Gasteiger partial charge on any atom is -0.379 e. The van der Waals surface area contributed by atoms with Gasteiger partial charge in [0.25, 0.3) is 0 Å². The molecule has 0 bridgehead atoms. The van der Waals surface area contributed by atoms with Crippen molar-refractivity contribution >= 4 is 17.5 Å². The zero-order valence-electron chi connectivity index (χ0n) is 8.25. The van der Waals surface area contributed by atoms with E-state index in [0.29, 0.717) is 24.3 Å². The molecule has 4 heteroatoms. The summed E-state index contributed by atoms with van der Waals surface area (Å²) in [6, 6.07) is 0.333. The fourth-order valence-corrected chi connectivity index (χ4v) is 2.59. The molecule has 2 rings (SSSR count). The number of carbonyl (C=O) groups is 1. The van der Waals surface area contributed by atoms with Gasteiger partial charge in [-0.05, 0) is 12.8 Å². The van der Waals surface area contributed by atoms with Crippen LogP contribution >= 0.6 is 11.6 Å². The van der Waals surface area contributed by atoms with E-state index in [1.54, 1.807) is 0 Å². The number of halogens is 1. The fourth-order valence-electron chi connectivity index (χ4n) is 2.43. The van der Waals surface area contributed by atoms with Gasteiger partial charge in [-0.15, -0.1) is 11.6 Å². The summed E-state index contributed by atoms with van der Waals surface area (Å²) in [6.45, 7) is 2.44. The minimum atomic E-state index is 0.195. The number of rotatable bonds is 2. The van der Waals surface area contributed by atoms with Crippen molar-refractivity contribution in [3.05, 3.63) is 0 Å². The van der Waals surface area contributed by atoms with Gasteiger partial charge in [-0.3, -0.25) is 4.79 Å².